The van der Waals surface area contributed by atoms with Crippen molar-refractivity contribution in [3.63, 3.8) is 0 Å². The molecule has 2 heteroatoms. The van der Waals surface area contributed by atoms with Crippen LogP contribution in [0.3, 0.4) is 0 Å². The summed E-state index contributed by atoms with van der Waals surface area (Å²) >= 11 is 0. The van der Waals surface area contributed by atoms with Crippen molar-refractivity contribution in [1.29, 1.82) is 0 Å². The fourth-order valence-corrected chi connectivity index (χ4v) is 1.89. The molecule has 1 aliphatic carbocycles. The zero-order valence-corrected chi connectivity index (χ0v) is 9.19. The molecule has 0 amide bonds. The molecule has 0 aliphatic heterocycles. The van der Waals surface area contributed by atoms with Crippen LogP contribution < -0.4 is 5.32 Å². The summed E-state index contributed by atoms with van der Waals surface area (Å²) in [6.45, 7) is 6.93. The molecule has 0 unspecified atom stereocenters. The Balaban J connectivity index is 2.18. The molecule has 0 spiro atoms. The molecule has 0 saturated heterocycles. The summed E-state index contributed by atoms with van der Waals surface area (Å²) in [6, 6.07) is 0. The molecular formula is C11H23NO. The predicted molar refractivity (Wildman–Crippen MR) is 55.8 cm³/mol. The van der Waals surface area contributed by atoms with E-state index in [1.807, 2.05) is 13.8 Å². The second kappa shape index (κ2) is 3.97. The Labute approximate surface area is 81.7 Å². The van der Waals surface area contributed by atoms with E-state index in [9.17, 15) is 5.11 Å². The van der Waals surface area contributed by atoms with Gasteiger partial charge in [0.2, 0.25) is 0 Å². The minimum atomic E-state index is -0.522. The lowest BCUT2D eigenvalue weighted by Crippen LogP contribution is -2.51. The molecule has 0 aromatic rings. The maximum Gasteiger partial charge on any atom is 0.0603 e. The monoisotopic (exact) mass is 185 g/mol. The Morgan fingerprint density at radius 1 is 1.38 bits per heavy atom. The third-order valence-corrected chi connectivity index (χ3v) is 3.22. The standard InChI is InChI=1S/C11H23NO/c1-4-11(6-5-7-11)12-9-8-10(2,3)13/h12-13H,4-9H2,1-3H3. The summed E-state index contributed by atoms with van der Waals surface area (Å²) in [5, 5.41) is 13.1. The third-order valence-electron chi connectivity index (χ3n) is 3.22. The predicted octanol–water partition coefficient (Wildman–Crippen LogP) is 2.07. The zero-order valence-electron chi connectivity index (χ0n) is 9.19. The van der Waals surface area contributed by atoms with E-state index in [4.69, 9.17) is 0 Å². The van der Waals surface area contributed by atoms with E-state index in [2.05, 4.69) is 12.2 Å². The minimum absolute atomic E-state index is 0.422. The molecule has 2 N–H and O–H groups in total. The van der Waals surface area contributed by atoms with Gasteiger partial charge in [0.25, 0.3) is 0 Å². The largest absolute Gasteiger partial charge is 0.390 e. The van der Waals surface area contributed by atoms with E-state index in [1.165, 1.54) is 25.7 Å². The van der Waals surface area contributed by atoms with Gasteiger partial charge in [-0.3, -0.25) is 0 Å². The first kappa shape index (κ1) is 11.0. The van der Waals surface area contributed by atoms with Crippen LogP contribution in [0.5, 0.6) is 0 Å². The maximum atomic E-state index is 9.54. The van der Waals surface area contributed by atoms with E-state index in [0.29, 0.717) is 5.54 Å². The SMILES string of the molecule is CCC1(NCCC(C)(C)O)CCC1. The van der Waals surface area contributed by atoms with Crippen LogP contribution in [0, 0.1) is 0 Å². The van der Waals surface area contributed by atoms with E-state index >= 15 is 0 Å². The van der Waals surface area contributed by atoms with Gasteiger partial charge in [-0.2, -0.15) is 0 Å². The van der Waals surface area contributed by atoms with Gasteiger partial charge in [0, 0.05) is 5.54 Å². The lowest BCUT2D eigenvalue weighted by Gasteiger charge is -2.42. The van der Waals surface area contributed by atoms with Gasteiger partial charge >= 0.3 is 0 Å². The number of hydrogen-bond acceptors (Lipinski definition) is 2. The van der Waals surface area contributed by atoms with E-state index < -0.39 is 5.60 Å². The van der Waals surface area contributed by atoms with E-state index in [-0.39, 0.29) is 0 Å². The Kier molecular flexibility index (Phi) is 3.36. The molecule has 0 radical (unpaired) electrons. The van der Waals surface area contributed by atoms with Gasteiger partial charge in [0.1, 0.15) is 0 Å². The molecule has 1 rings (SSSR count). The van der Waals surface area contributed by atoms with Crippen molar-refractivity contribution in [2.45, 2.75) is 64.0 Å². The zero-order chi connectivity index (χ0) is 9.95. The van der Waals surface area contributed by atoms with Crippen molar-refractivity contribution in [3.8, 4) is 0 Å². The van der Waals surface area contributed by atoms with Crippen LogP contribution in [0.2, 0.25) is 0 Å². The summed E-state index contributed by atoms with van der Waals surface area (Å²) in [5.41, 5.74) is -0.100. The first-order valence-corrected chi connectivity index (χ1v) is 5.45. The topological polar surface area (TPSA) is 32.3 Å². The maximum absolute atomic E-state index is 9.54. The highest BCUT2D eigenvalue weighted by Crippen LogP contribution is 2.34. The quantitative estimate of drug-likeness (QED) is 0.687. The third kappa shape index (κ3) is 3.28. The minimum Gasteiger partial charge on any atom is -0.390 e. The number of nitrogens with one attached hydrogen (secondary N) is 1. The van der Waals surface area contributed by atoms with Gasteiger partial charge in [-0.25, -0.2) is 0 Å². The van der Waals surface area contributed by atoms with Crippen LogP contribution in [0.4, 0.5) is 0 Å². The Hall–Kier alpha value is -0.0800. The van der Waals surface area contributed by atoms with Crippen molar-refractivity contribution >= 4 is 0 Å². The van der Waals surface area contributed by atoms with Crippen LogP contribution in [0.15, 0.2) is 0 Å². The van der Waals surface area contributed by atoms with Gasteiger partial charge in [0.15, 0.2) is 0 Å². The van der Waals surface area contributed by atoms with Crippen molar-refractivity contribution in [2.24, 2.45) is 0 Å². The molecule has 0 aromatic carbocycles. The fourth-order valence-electron chi connectivity index (χ4n) is 1.89. The Morgan fingerprint density at radius 3 is 2.31 bits per heavy atom. The molecule has 78 valence electrons. The van der Waals surface area contributed by atoms with Gasteiger partial charge in [0.05, 0.1) is 5.60 Å². The van der Waals surface area contributed by atoms with Crippen LogP contribution in [0.25, 0.3) is 0 Å². The normalized spacial score (nSPS) is 21.2. The number of hydrogen-bond donors (Lipinski definition) is 2. The van der Waals surface area contributed by atoms with E-state index in [1.54, 1.807) is 0 Å². The van der Waals surface area contributed by atoms with Gasteiger partial charge in [-0.1, -0.05) is 6.92 Å². The lowest BCUT2D eigenvalue weighted by atomic mass is 9.75. The van der Waals surface area contributed by atoms with Gasteiger partial charge in [-0.05, 0) is 52.5 Å². The number of rotatable bonds is 5. The highest BCUT2D eigenvalue weighted by Gasteiger charge is 2.34. The first-order valence-electron chi connectivity index (χ1n) is 5.45. The van der Waals surface area contributed by atoms with Crippen molar-refractivity contribution in [1.82, 2.24) is 5.32 Å². The van der Waals surface area contributed by atoms with Gasteiger partial charge < -0.3 is 10.4 Å². The second-order valence-corrected chi connectivity index (χ2v) is 4.98. The van der Waals surface area contributed by atoms with Crippen molar-refractivity contribution in [2.75, 3.05) is 6.54 Å². The van der Waals surface area contributed by atoms with Crippen LogP contribution >= 0.6 is 0 Å². The molecule has 0 heterocycles. The molecule has 1 fully saturated rings. The summed E-state index contributed by atoms with van der Waals surface area (Å²) in [5.74, 6) is 0. The van der Waals surface area contributed by atoms with Gasteiger partial charge in [-0.15, -0.1) is 0 Å². The lowest BCUT2D eigenvalue weighted by molar-refractivity contribution is 0.0638. The Bertz CT molecular complexity index is 150. The van der Waals surface area contributed by atoms with Crippen LogP contribution in [0.1, 0.15) is 52.9 Å². The molecule has 1 saturated carbocycles. The summed E-state index contributed by atoms with van der Waals surface area (Å²) in [6.07, 6.45) is 6.06. The average molecular weight is 185 g/mol. The summed E-state index contributed by atoms with van der Waals surface area (Å²) in [4.78, 5) is 0. The first-order chi connectivity index (χ1) is 5.97. The van der Waals surface area contributed by atoms with Crippen LogP contribution in [-0.4, -0.2) is 22.8 Å². The fraction of sp³-hybridized carbons (Fsp3) is 1.00. The van der Waals surface area contributed by atoms with Crippen molar-refractivity contribution < 1.29 is 5.11 Å². The molecule has 0 aromatic heterocycles. The van der Waals surface area contributed by atoms with Crippen LogP contribution in [-0.2, 0) is 0 Å². The average Bonchev–Trinajstić information content (AvgIpc) is 1.92. The van der Waals surface area contributed by atoms with E-state index in [0.717, 1.165) is 13.0 Å². The molecular weight excluding hydrogens is 162 g/mol. The number of aliphatic hydroxyl groups is 1. The molecule has 0 bridgehead atoms. The summed E-state index contributed by atoms with van der Waals surface area (Å²) < 4.78 is 0. The smallest absolute Gasteiger partial charge is 0.0603 e. The Morgan fingerprint density at radius 2 is 2.00 bits per heavy atom. The molecule has 2 nitrogen and oxygen atoms in total. The molecule has 1 aliphatic rings. The highest BCUT2D eigenvalue weighted by atomic mass is 16.3. The molecule has 0 atom stereocenters. The molecule has 13 heavy (non-hydrogen) atoms. The highest BCUT2D eigenvalue weighted by molar-refractivity contribution is 4.94. The van der Waals surface area contributed by atoms with Crippen molar-refractivity contribution in [3.05, 3.63) is 0 Å². The summed E-state index contributed by atoms with van der Waals surface area (Å²) in [7, 11) is 0. The second-order valence-electron chi connectivity index (χ2n) is 4.98.